The average molecular weight is 176 g/mol. The average Bonchev–Trinajstić information content (AvgIpc) is 2.38. The van der Waals surface area contributed by atoms with E-state index >= 15 is 0 Å². The number of benzene rings is 1. The zero-order valence-corrected chi connectivity index (χ0v) is 8.01. The van der Waals surface area contributed by atoms with Crippen molar-refractivity contribution in [2.45, 2.75) is 25.8 Å². The van der Waals surface area contributed by atoms with Crippen LogP contribution in [0.2, 0.25) is 0 Å². The van der Waals surface area contributed by atoms with Gasteiger partial charge in [-0.05, 0) is 25.0 Å². The minimum Gasteiger partial charge on any atom is -0.383 e. The number of hydrogen-bond acceptors (Lipinski definition) is 2. The number of para-hydroxylation sites is 2. The van der Waals surface area contributed by atoms with E-state index in [9.17, 15) is 0 Å². The molecule has 0 saturated heterocycles. The first-order valence-corrected chi connectivity index (χ1v) is 4.99. The van der Waals surface area contributed by atoms with E-state index in [2.05, 4.69) is 41.8 Å². The summed E-state index contributed by atoms with van der Waals surface area (Å²) >= 11 is 0. The van der Waals surface area contributed by atoms with Crippen LogP contribution in [0.15, 0.2) is 24.3 Å². The molecule has 0 fully saturated rings. The normalized spacial score (nSPS) is 20.8. The van der Waals surface area contributed by atoms with Crippen molar-refractivity contribution in [3.63, 3.8) is 0 Å². The molecular weight excluding hydrogens is 160 g/mol. The standard InChI is InChI=1S/C11H16N2/c1-2-9-7-8-12-10-5-3-4-6-11(10)13-9/h3-6,9,12-13H,2,7-8H2,1H3. The lowest BCUT2D eigenvalue weighted by molar-refractivity contribution is 0.661. The second kappa shape index (κ2) is 3.69. The van der Waals surface area contributed by atoms with Crippen LogP contribution in [0.1, 0.15) is 19.8 Å². The van der Waals surface area contributed by atoms with Gasteiger partial charge in [-0.15, -0.1) is 0 Å². The van der Waals surface area contributed by atoms with Gasteiger partial charge < -0.3 is 10.6 Å². The highest BCUT2D eigenvalue weighted by Crippen LogP contribution is 2.25. The van der Waals surface area contributed by atoms with Gasteiger partial charge >= 0.3 is 0 Å². The highest BCUT2D eigenvalue weighted by atomic mass is 15.0. The molecule has 70 valence electrons. The lowest BCUT2D eigenvalue weighted by Crippen LogP contribution is -2.18. The molecule has 2 heteroatoms. The third kappa shape index (κ3) is 1.77. The molecular formula is C11H16N2. The van der Waals surface area contributed by atoms with Crippen molar-refractivity contribution in [1.29, 1.82) is 0 Å². The number of rotatable bonds is 1. The molecule has 0 amide bonds. The lowest BCUT2D eigenvalue weighted by Gasteiger charge is -2.14. The Morgan fingerprint density at radius 1 is 1.31 bits per heavy atom. The van der Waals surface area contributed by atoms with Gasteiger partial charge in [0, 0.05) is 12.6 Å². The van der Waals surface area contributed by atoms with Crippen molar-refractivity contribution in [2.24, 2.45) is 0 Å². The Bertz CT molecular complexity index is 283. The fourth-order valence-corrected chi connectivity index (χ4v) is 1.74. The monoisotopic (exact) mass is 176 g/mol. The van der Waals surface area contributed by atoms with E-state index < -0.39 is 0 Å². The summed E-state index contributed by atoms with van der Waals surface area (Å²) in [7, 11) is 0. The molecule has 1 heterocycles. The van der Waals surface area contributed by atoms with Crippen LogP contribution in [0.3, 0.4) is 0 Å². The fourth-order valence-electron chi connectivity index (χ4n) is 1.74. The molecule has 2 N–H and O–H groups in total. The number of nitrogens with one attached hydrogen (secondary N) is 2. The van der Waals surface area contributed by atoms with Crippen LogP contribution in [-0.4, -0.2) is 12.6 Å². The van der Waals surface area contributed by atoms with Crippen molar-refractivity contribution in [3.05, 3.63) is 24.3 Å². The van der Waals surface area contributed by atoms with E-state index in [1.807, 2.05) is 0 Å². The molecule has 1 unspecified atom stereocenters. The van der Waals surface area contributed by atoms with Gasteiger partial charge in [0.25, 0.3) is 0 Å². The summed E-state index contributed by atoms with van der Waals surface area (Å²) in [6.45, 7) is 3.30. The first kappa shape index (κ1) is 8.42. The molecule has 0 radical (unpaired) electrons. The van der Waals surface area contributed by atoms with Gasteiger partial charge in [-0.1, -0.05) is 19.1 Å². The molecule has 0 bridgehead atoms. The third-order valence-corrected chi connectivity index (χ3v) is 2.59. The largest absolute Gasteiger partial charge is 0.383 e. The Morgan fingerprint density at radius 2 is 2.08 bits per heavy atom. The van der Waals surface area contributed by atoms with Crippen molar-refractivity contribution in [2.75, 3.05) is 17.2 Å². The molecule has 2 nitrogen and oxygen atoms in total. The highest BCUT2D eigenvalue weighted by Gasteiger charge is 2.12. The van der Waals surface area contributed by atoms with E-state index in [-0.39, 0.29) is 0 Å². The molecule has 1 aromatic rings. The zero-order chi connectivity index (χ0) is 9.10. The summed E-state index contributed by atoms with van der Waals surface area (Å²) < 4.78 is 0. The molecule has 0 aliphatic carbocycles. The van der Waals surface area contributed by atoms with Gasteiger partial charge in [-0.25, -0.2) is 0 Å². The maximum atomic E-state index is 3.55. The number of hydrogen-bond donors (Lipinski definition) is 2. The van der Waals surface area contributed by atoms with Crippen LogP contribution < -0.4 is 10.6 Å². The van der Waals surface area contributed by atoms with Crippen LogP contribution in [0.5, 0.6) is 0 Å². The molecule has 0 saturated carbocycles. The molecule has 1 aromatic carbocycles. The van der Waals surface area contributed by atoms with Gasteiger partial charge in [0.15, 0.2) is 0 Å². The van der Waals surface area contributed by atoms with E-state index in [0.29, 0.717) is 6.04 Å². The Hall–Kier alpha value is -1.18. The quantitative estimate of drug-likeness (QED) is 0.687. The van der Waals surface area contributed by atoms with Crippen molar-refractivity contribution >= 4 is 11.4 Å². The van der Waals surface area contributed by atoms with Crippen LogP contribution in [0.25, 0.3) is 0 Å². The predicted molar refractivity (Wildman–Crippen MR) is 57.3 cm³/mol. The zero-order valence-electron chi connectivity index (χ0n) is 8.01. The SMILES string of the molecule is CCC1CCNc2ccccc2N1. The van der Waals surface area contributed by atoms with Crippen molar-refractivity contribution in [3.8, 4) is 0 Å². The molecule has 1 aliphatic rings. The lowest BCUT2D eigenvalue weighted by atomic mass is 10.1. The fraction of sp³-hybridized carbons (Fsp3) is 0.455. The number of anilines is 2. The molecule has 0 aromatic heterocycles. The summed E-state index contributed by atoms with van der Waals surface area (Å²) in [4.78, 5) is 0. The van der Waals surface area contributed by atoms with Gasteiger partial charge in [-0.3, -0.25) is 0 Å². The second-order valence-corrected chi connectivity index (χ2v) is 3.51. The summed E-state index contributed by atoms with van der Waals surface area (Å²) in [5.74, 6) is 0. The first-order valence-electron chi connectivity index (χ1n) is 4.99. The van der Waals surface area contributed by atoms with Gasteiger partial charge in [0.1, 0.15) is 0 Å². The maximum absolute atomic E-state index is 3.55. The van der Waals surface area contributed by atoms with Crippen LogP contribution in [0.4, 0.5) is 11.4 Å². The Kier molecular flexibility index (Phi) is 2.39. The Morgan fingerprint density at radius 3 is 2.85 bits per heavy atom. The maximum Gasteiger partial charge on any atom is 0.0578 e. The van der Waals surface area contributed by atoms with Crippen LogP contribution >= 0.6 is 0 Å². The van der Waals surface area contributed by atoms with Crippen LogP contribution in [-0.2, 0) is 0 Å². The summed E-state index contributed by atoms with van der Waals surface area (Å²) in [5, 5.41) is 6.97. The highest BCUT2D eigenvalue weighted by molar-refractivity contribution is 5.69. The van der Waals surface area contributed by atoms with Crippen LogP contribution in [0, 0.1) is 0 Å². The molecule has 2 rings (SSSR count). The molecule has 0 spiro atoms. The van der Waals surface area contributed by atoms with Crippen molar-refractivity contribution < 1.29 is 0 Å². The van der Waals surface area contributed by atoms with E-state index in [0.717, 1.165) is 6.54 Å². The molecule has 1 aliphatic heterocycles. The summed E-state index contributed by atoms with van der Waals surface area (Å²) in [5.41, 5.74) is 2.48. The first-order chi connectivity index (χ1) is 6.40. The summed E-state index contributed by atoms with van der Waals surface area (Å²) in [6.07, 6.45) is 2.39. The third-order valence-electron chi connectivity index (χ3n) is 2.59. The van der Waals surface area contributed by atoms with E-state index in [1.165, 1.54) is 24.2 Å². The topological polar surface area (TPSA) is 24.1 Å². The smallest absolute Gasteiger partial charge is 0.0578 e. The second-order valence-electron chi connectivity index (χ2n) is 3.51. The van der Waals surface area contributed by atoms with Crippen molar-refractivity contribution in [1.82, 2.24) is 0 Å². The van der Waals surface area contributed by atoms with E-state index in [4.69, 9.17) is 0 Å². The Balaban J connectivity index is 2.23. The van der Waals surface area contributed by atoms with E-state index in [1.54, 1.807) is 0 Å². The molecule has 13 heavy (non-hydrogen) atoms. The van der Waals surface area contributed by atoms with Gasteiger partial charge in [0.2, 0.25) is 0 Å². The predicted octanol–water partition coefficient (Wildman–Crippen LogP) is 2.69. The minimum absolute atomic E-state index is 0.621. The Labute approximate surface area is 79.4 Å². The summed E-state index contributed by atoms with van der Waals surface area (Å²) in [6, 6.07) is 9.03. The minimum atomic E-state index is 0.621. The molecule has 1 atom stereocenters. The number of fused-ring (bicyclic) bond motifs is 1. The van der Waals surface area contributed by atoms with Gasteiger partial charge in [0.05, 0.1) is 11.4 Å². The van der Waals surface area contributed by atoms with Gasteiger partial charge in [-0.2, -0.15) is 0 Å².